The minimum atomic E-state index is 0.0184. The Morgan fingerprint density at radius 2 is 1.96 bits per heavy atom. The average molecular weight is 315 g/mol. The number of nitrogens with two attached hydrogens (primary N) is 1. The van der Waals surface area contributed by atoms with Crippen molar-refractivity contribution in [2.45, 2.75) is 46.0 Å². The van der Waals surface area contributed by atoms with Gasteiger partial charge in [0.05, 0.1) is 12.3 Å². The van der Waals surface area contributed by atoms with Crippen molar-refractivity contribution < 1.29 is 4.74 Å². The first kappa shape index (κ1) is 17.5. The van der Waals surface area contributed by atoms with Gasteiger partial charge in [-0.2, -0.15) is 5.10 Å². The summed E-state index contributed by atoms with van der Waals surface area (Å²) in [6, 6.07) is 8.46. The van der Waals surface area contributed by atoms with E-state index in [9.17, 15) is 0 Å². The number of nitrogens with zero attached hydrogens (tertiary/aromatic N) is 2. The molecule has 1 aromatic carbocycles. The lowest BCUT2D eigenvalue weighted by Crippen LogP contribution is -2.18. The molecular weight excluding hydrogens is 286 g/mol. The van der Waals surface area contributed by atoms with Gasteiger partial charge in [0, 0.05) is 36.2 Å². The van der Waals surface area contributed by atoms with Crippen molar-refractivity contribution in [1.29, 1.82) is 0 Å². The lowest BCUT2D eigenvalue weighted by atomic mass is 9.89. The molecule has 0 aliphatic rings. The van der Waals surface area contributed by atoms with Gasteiger partial charge < -0.3 is 10.5 Å². The fraction of sp³-hybridized carbons (Fsp3) is 0.526. The molecule has 4 nitrogen and oxygen atoms in total. The van der Waals surface area contributed by atoms with Crippen LogP contribution in [0.2, 0.25) is 0 Å². The Kier molecular flexibility index (Phi) is 5.15. The summed E-state index contributed by atoms with van der Waals surface area (Å²) < 4.78 is 7.78. The summed E-state index contributed by atoms with van der Waals surface area (Å²) in [6.45, 7) is 11.8. The average Bonchev–Trinajstić information content (AvgIpc) is 2.85. The normalized spacial score (nSPS) is 13.2. The monoisotopic (exact) mass is 315 g/mol. The lowest BCUT2D eigenvalue weighted by molar-refractivity contribution is 0.335. The first-order valence-corrected chi connectivity index (χ1v) is 8.25. The maximum atomic E-state index is 6.14. The second-order valence-corrected chi connectivity index (χ2v) is 7.09. The minimum absolute atomic E-state index is 0.0184. The molecule has 1 aromatic heterocycles. The second-order valence-electron chi connectivity index (χ2n) is 7.09. The molecule has 0 spiro atoms. The van der Waals surface area contributed by atoms with Crippen molar-refractivity contribution in [2.24, 2.45) is 12.8 Å². The van der Waals surface area contributed by atoms with Crippen molar-refractivity contribution in [3.8, 4) is 5.75 Å². The van der Waals surface area contributed by atoms with E-state index in [-0.39, 0.29) is 11.3 Å². The van der Waals surface area contributed by atoms with Crippen LogP contribution in [0.5, 0.6) is 5.75 Å². The lowest BCUT2D eigenvalue weighted by Gasteiger charge is -2.20. The first-order valence-electron chi connectivity index (χ1n) is 8.25. The number of aryl methyl sites for hydroxylation is 2. The largest absolute Gasteiger partial charge is 0.494 e. The van der Waals surface area contributed by atoms with Crippen molar-refractivity contribution in [3.63, 3.8) is 0 Å². The van der Waals surface area contributed by atoms with E-state index < -0.39 is 0 Å². The van der Waals surface area contributed by atoms with Crippen molar-refractivity contribution >= 4 is 0 Å². The summed E-state index contributed by atoms with van der Waals surface area (Å²) in [5.74, 6) is 0.983. The quantitative estimate of drug-likeness (QED) is 0.918. The van der Waals surface area contributed by atoms with Gasteiger partial charge in [0.15, 0.2) is 0 Å². The maximum absolute atomic E-state index is 6.14. The molecule has 0 amide bonds. The SMILES string of the molecule is CCOc1ccc(C)cc1C(CN)c1cc(C(C)(C)C)nn1C. The molecule has 2 N–H and O–H groups in total. The van der Waals surface area contributed by atoms with Gasteiger partial charge in [0.1, 0.15) is 5.75 Å². The zero-order valence-electron chi connectivity index (χ0n) is 15.2. The molecule has 126 valence electrons. The summed E-state index contributed by atoms with van der Waals surface area (Å²) in [7, 11) is 1.99. The Labute approximate surface area is 139 Å². The fourth-order valence-electron chi connectivity index (χ4n) is 2.81. The van der Waals surface area contributed by atoms with Crippen LogP contribution >= 0.6 is 0 Å². The van der Waals surface area contributed by atoms with Crippen molar-refractivity contribution in [1.82, 2.24) is 9.78 Å². The number of ether oxygens (including phenoxy) is 1. The topological polar surface area (TPSA) is 53.1 Å². The van der Waals surface area contributed by atoms with Gasteiger partial charge in [-0.15, -0.1) is 0 Å². The van der Waals surface area contributed by atoms with Gasteiger partial charge in [-0.25, -0.2) is 0 Å². The highest BCUT2D eigenvalue weighted by atomic mass is 16.5. The number of rotatable bonds is 5. The molecule has 2 rings (SSSR count). The van der Waals surface area contributed by atoms with Crippen LogP contribution in [-0.2, 0) is 12.5 Å². The highest BCUT2D eigenvalue weighted by Gasteiger charge is 2.25. The van der Waals surface area contributed by atoms with Crippen LogP contribution in [0.15, 0.2) is 24.3 Å². The van der Waals surface area contributed by atoms with Crippen molar-refractivity contribution in [2.75, 3.05) is 13.2 Å². The second kappa shape index (κ2) is 6.75. The van der Waals surface area contributed by atoms with E-state index in [4.69, 9.17) is 15.6 Å². The van der Waals surface area contributed by atoms with Gasteiger partial charge >= 0.3 is 0 Å². The molecule has 1 heterocycles. The molecule has 0 fully saturated rings. The summed E-state index contributed by atoms with van der Waals surface area (Å²) in [6.07, 6.45) is 0. The van der Waals surface area contributed by atoms with E-state index in [1.165, 1.54) is 5.56 Å². The first-order chi connectivity index (χ1) is 10.8. The highest BCUT2D eigenvalue weighted by molar-refractivity contribution is 5.44. The Bertz CT molecular complexity index is 668. The third kappa shape index (κ3) is 3.75. The van der Waals surface area contributed by atoms with Crippen LogP contribution in [0.4, 0.5) is 0 Å². The smallest absolute Gasteiger partial charge is 0.123 e. The van der Waals surface area contributed by atoms with Gasteiger partial charge in [-0.3, -0.25) is 4.68 Å². The molecule has 0 aliphatic heterocycles. The van der Waals surface area contributed by atoms with E-state index in [2.05, 4.69) is 45.9 Å². The molecule has 0 bridgehead atoms. The summed E-state index contributed by atoms with van der Waals surface area (Å²) >= 11 is 0. The van der Waals surface area contributed by atoms with E-state index in [0.29, 0.717) is 13.2 Å². The third-order valence-corrected chi connectivity index (χ3v) is 4.12. The van der Waals surface area contributed by atoms with Gasteiger partial charge in [-0.1, -0.05) is 38.5 Å². The van der Waals surface area contributed by atoms with Crippen LogP contribution in [0.25, 0.3) is 0 Å². The Morgan fingerprint density at radius 1 is 1.26 bits per heavy atom. The zero-order chi connectivity index (χ0) is 17.2. The minimum Gasteiger partial charge on any atom is -0.494 e. The predicted molar refractivity (Wildman–Crippen MR) is 95.2 cm³/mol. The molecule has 0 saturated heterocycles. The van der Waals surface area contributed by atoms with E-state index in [1.807, 2.05) is 24.7 Å². The number of benzene rings is 1. The molecule has 1 unspecified atom stereocenters. The standard InChI is InChI=1S/C19H29N3O/c1-7-23-17-9-8-13(2)10-14(17)15(12-20)16-11-18(19(3,4)5)21-22(16)6/h8-11,15H,7,12,20H2,1-6H3. The van der Waals surface area contributed by atoms with Crippen LogP contribution in [0.3, 0.4) is 0 Å². The molecule has 0 saturated carbocycles. The summed E-state index contributed by atoms with van der Waals surface area (Å²) in [4.78, 5) is 0. The van der Waals surface area contributed by atoms with Gasteiger partial charge in [0.25, 0.3) is 0 Å². The van der Waals surface area contributed by atoms with E-state index in [0.717, 1.165) is 22.7 Å². The van der Waals surface area contributed by atoms with Crippen LogP contribution < -0.4 is 10.5 Å². The Hall–Kier alpha value is -1.81. The van der Waals surface area contributed by atoms with E-state index >= 15 is 0 Å². The number of aromatic nitrogens is 2. The molecule has 2 aromatic rings. The van der Waals surface area contributed by atoms with E-state index in [1.54, 1.807) is 0 Å². The number of hydrogen-bond acceptors (Lipinski definition) is 3. The molecular formula is C19H29N3O. The van der Waals surface area contributed by atoms with Gasteiger partial charge in [-0.05, 0) is 26.0 Å². The van der Waals surface area contributed by atoms with Crippen molar-refractivity contribution in [3.05, 3.63) is 46.8 Å². The molecule has 0 radical (unpaired) electrons. The number of hydrogen-bond donors (Lipinski definition) is 1. The third-order valence-electron chi connectivity index (χ3n) is 4.12. The predicted octanol–water partition coefficient (Wildman–Crippen LogP) is 3.52. The fourth-order valence-corrected chi connectivity index (χ4v) is 2.81. The maximum Gasteiger partial charge on any atom is 0.123 e. The zero-order valence-corrected chi connectivity index (χ0v) is 15.2. The van der Waals surface area contributed by atoms with Crippen LogP contribution in [0.1, 0.15) is 56.1 Å². The molecule has 23 heavy (non-hydrogen) atoms. The summed E-state index contributed by atoms with van der Waals surface area (Å²) in [5.41, 5.74) is 10.7. The summed E-state index contributed by atoms with van der Waals surface area (Å²) in [5, 5.41) is 4.69. The molecule has 4 heteroatoms. The molecule has 0 aliphatic carbocycles. The van der Waals surface area contributed by atoms with Gasteiger partial charge in [0.2, 0.25) is 0 Å². The van der Waals surface area contributed by atoms with Crippen LogP contribution in [-0.4, -0.2) is 22.9 Å². The Balaban J connectivity index is 2.52. The highest BCUT2D eigenvalue weighted by Crippen LogP contribution is 2.34. The molecule has 1 atom stereocenters. The Morgan fingerprint density at radius 3 is 2.48 bits per heavy atom. The van der Waals surface area contributed by atoms with Crippen LogP contribution in [0, 0.1) is 6.92 Å².